The first-order chi connectivity index (χ1) is 23.2. The molecule has 0 amide bonds. The summed E-state index contributed by atoms with van der Waals surface area (Å²) in [5.74, 6) is 1.59. The van der Waals surface area contributed by atoms with E-state index in [1.165, 1.54) is 34.0 Å². The molecular formula is C30H25Cl2F6IN10. The average molecular weight is 837 g/mol. The van der Waals surface area contributed by atoms with E-state index in [0.29, 0.717) is 34.3 Å². The molecule has 5 heterocycles. The number of alkyl halides is 6. The molecule has 3 N–H and O–H groups in total. The minimum Gasteiger partial charge on any atom is -0.382 e. The smallest absolute Gasteiger partial charge is 0.382 e. The summed E-state index contributed by atoms with van der Waals surface area (Å²) in [6, 6.07) is 10.8. The highest BCUT2D eigenvalue weighted by Gasteiger charge is 2.28. The molecule has 7 rings (SSSR count). The van der Waals surface area contributed by atoms with E-state index in [0.717, 1.165) is 26.3 Å². The lowest BCUT2D eigenvalue weighted by Crippen LogP contribution is -2.15. The summed E-state index contributed by atoms with van der Waals surface area (Å²) >= 11 is 13.9. The van der Waals surface area contributed by atoms with E-state index in [2.05, 4.69) is 40.8 Å². The lowest BCUT2D eigenvalue weighted by molar-refractivity contribution is -0.132. The van der Waals surface area contributed by atoms with Gasteiger partial charge in [-0.1, -0.05) is 47.5 Å². The van der Waals surface area contributed by atoms with Crippen molar-refractivity contribution >= 4 is 68.5 Å². The van der Waals surface area contributed by atoms with Crippen LogP contribution in [0.25, 0.3) is 33.8 Å². The van der Waals surface area contributed by atoms with Gasteiger partial charge in [0.25, 0.3) is 0 Å². The zero-order valence-electron chi connectivity index (χ0n) is 25.0. The lowest BCUT2D eigenvalue weighted by atomic mass is 10.1. The largest absolute Gasteiger partial charge is 0.390 e. The molecule has 1 aromatic carbocycles. The predicted octanol–water partition coefficient (Wildman–Crippen LogP) is 9.03. The molecule has 1 fully saturated rings. The van der Waals surface area contributed by atoms with Crippen LogP contribution in [0.3, 0.4) is 0 Å². The van der Waals surface area contributed by atoms with Crippen LogP contribution in [-0.4, -0.2) is 64.6 Å². The molecule has 6 aromatic rings. The van der Waals surface area contributed by atoms with Crippen molar-refractivity contribution in [3.8, 4) is 22.5 Å². The third kappa shape index (κ3) is 8.85. The van der Waals surface area contributed by atoms with Crippen LogP contribution >= 0.6 is 45.8 Å². The Morgan fingerprint density at radius 3 is 1.86 bits per heavy atom. The zero-order valence-corrected chi connectivity index (χ0v) is 28.7. The summed E-state index contributed by atoms with van der Waals surface area (Å²) in [7, 11) is 0. The molecule has 0 spiro atoms. The highest BCUT2D eigenvalue weighted by molar-refractivity contribution is 14.1. The third-order valence-electron chi connectivity index (χ3n) is 7.33. The number of rotatable bonds is 9. The van der Waals surface area contributed by atoms with Crippen LogP contribution in [0.5, 0.6) is 0 Å². The molecule has 0 radical (unpaired) electrons. The molecule has 49 heavy (non-hydrogen) atoms. The third-order valence-corrected chi connectivity index (χ3v) is 8.44. The summed E-state index contributed by atoms with van der Waals surface area (Å²) in [5.41, 5.74) is 5.21. The van der Waals surface area contributed by atoms with E-state index in [1.54, 1.807) is 12.4 Å². The molecule has 0 saturated heterocycles. The van der Waals surface area contributed by atoms with Gasteiger partial charge >= 0.3 is 12.4 Å². The Hall–Kier alpha value is -3.84. The summed E-state index contributed by atoms with van der Waals surface area (Å²) in [5, 5.41) is 14.1. The number of H-pyrrole nitrogens is 1. The van der Waals surface area contributed by atoms with Gasteiger partial charge in [0.05, 0.1) is 54.2 Å². The quantitative estimate of drug-likeness (QED) is 0.0985. The van der Waals surface area contributed by atoms with Crippen LogP contribution in [-0.2, 0) is 0 Å². The summed E-state index contributed by atoms with van der Waals surface area (Å²) < 4.78 is 77.3. The normalized spacial score (nSPS) is 13.5. The van der Waals surface area contributed by atoms with E-state index in [4.69, 9.17) is 23.2 Å². The SMILES string of the molecule is FC(F)(F)CCNc1cc(Cl)nn2c(-c3ccc(-c4cnc(C5CC5)[nH]4)cc3)cnc12.FC(F)(F)CCNc1cc(Cl)nn2c(I)cnc12. The van der Waals surface area contributed by atoms with Crippen LogP contribution < -0.4 is 10.6 Å². The van der Waals surface area contributed by atoms with Gasteiger partial charge in [-0.25, -0.2) is 24.0 Å². The van der Waals surface area contributed by atoms with E-state index in [-0.39, 0.29) is 23.4 Å². The standard InChI is InChI=1S/C21H18ClF3N6.C9H7ClF3IN4/c22-18-9-15(26-8-7-21(23,24)25)20-28-11-17(31(20)30-18)13-3-1-12(2-4-13)16-10-27-19(29-16)14-5-6-14;10-6-3-5(15-2-1-9(11,12)13)8-16-4-7(14)18(8)17-6/h1-4,9-11,14,26H,5-8H2,(H,27,29);3-4,15H,1-2H2. The number of nitrogens with one attached hydrogen (secondary N) is 3. The average Bonchev–Trinajstić information content (AvgIpc) is 3.41. The van der Waals surface area contributed by atoms with E-state index >= 15 is 0 Å². The second-order valence-electron chi connectivity index (χ2n) is 11.1. The minimum atomic E-state index is -4.24. The van der Waals surface area contributed by atoms with Gasteiger partial charge in [-0.15, -0.1) is 0 Å². The molecule has 258 valence electrons. The first-order valence-electron chi connectivity index (χ1n) is 14.7. The lowest BCUT2D eigenvalue weighted by Gasteiger charge is -2.10. The van der Waals surface area contributed by atoms with Crippen LogP contribution in [0, 0.1) is 3.70 Å². The van der Waals surface area contributed by atoms with Gasteiger partial charge in [0, 0.05) is 36.7 Å². The number of aromatic amines is 1. The monoisotopic (exact) mass is 836 g/mol. The molecule has 10 nitrogen and oxygen atoms in total. The molecule has 1 aliphatic carbocycles. The molecule has 5 aromatic heterocycles. The number of hydrogen-bond donors (Lipinski definition) is 3. The second-order valence-corrected chi connectivity index (χ2v) is 13.0. The second kappa shape index (κ2) is 14.2. The van der Waals surface area contributed by atoms with Crippen molar-refractivity contribution in [1.29, 1.82) is 0 Å². The summed E-state index contributed by atoms with van der Waals surface area (Å²) in [4.78, 5) is 16.2. The number of halogens is 9. The molecule has 1 aliphatic rings. The highest BCUT2D eigenvalue weighted by Crippen LogP contribution is 2.39. The Balaban J connectivity index is 0.000000197. The molecule has 19 heteroatoms. The number of anilines is 2. The number of imidazole rings is 3. The van der Waals surface area contributed by atoms with Crippen molar-refractivity contribution < 1.29 is 26.3 Å². The Bertz CT molecular complexity index is 2070. The molecule has 0 unspecified atom stereocenters. The number of hydrogen-bond acceptors (Lipinski definition) is 7. The van der Waals surface area contributed by atoms with Crippen molar-refractivity contribution in [3.05, 3.63) is 74.8 Å². The van der Waals surface area contributed by atoms with Gasteiger partial charge in [-0.05, 0) is 41.0 Å². The Kier molecular flexibility index (Phi) is 10.1. The van der Waals surface area contributed by atoms with Gasteiger partial charge in [0.1, 0.15) is 9.53 Å². The highest BCUT2D eigenvalue weighted by atomic mass is 127. The van der Waals surface area contributed by atoms with Crippen LogP contribution in [0.1, 0.15) is 37.4 Å². The summed E-state index contributed by atoms with van der Waals surface area (Å²) in [6.45, 7) is -0.508. The van der Waals surface area contributed by atoms with Crippen molar-refractivity contribution in [2.75, 3.05) is 23.7 Å². The van der Waals surface area contributed by atoms with Crippen LogP contribution in [0.4, 0.5) is 37.7 Å². The Morgan fingerprint density at radius 2 is 1.29 bits per heavy atom. The van der Waals surface area contributed by atoms with Crippen molar-refractivity contribution in [2.45, 2.75) is 44.0 Å². The topological polar surface area (TPSA) is 113 Å². The van der Waals surface area contributed by atoms with E-state index in [9.17, 15) is 26.3 Å². The van der Waals surface area contributed by atoms with E-state index in [1.807, 2.05) is 53.1 Å². The maximum Gasteiger partial charge on any atom is 0.390 e. The molecule has 0 atom stereocenters. The number of aromatic nitrogens is 8. The van der Waals surface area contributed by atoms with Gasteiger partial charge in [0.15, 0.2) is 21.6 Å². The molecule has 1 saturated carbocycles. The fraction of sp³-hybridized carbons (Fsp3) is 0.300. The molecule has 0 bridgehead atoms. The van der Waals surface area contributed by atoms with Crippen molar-refractivity contribution in [1.82, 2.24) is 39.2 Å². The molecular weight excluding hydrogens is 812 g/mol. The number of benzene rings is 1. The summed E-state index contributed by atoms with van der Waals surface area (Å²) in [6.07, 6.45) is -2.90. The maximum atomic E-state index is 12.5. The molecule has 0 aliphatic heterocycles. The van der Waals surface area contributed by atoms with Crippen molar-refractivity contribution in [3.63, 3.8) is 0 Å². The van der Waals surface area contributed by atoms with Crippen molar-refractivity contribution in [2.24, 2.45) is 0 Å². The number of nitrogens with zero attached hydrogens (tertiary/aromatic N) is 7. The van der Waals surface area contributed by atoms with Gasteiger partial charge in [0.2, 0.25) is 0 Å². The first kappa shape index (κ1) is 35.0. The predicted molar refractivity (Wildman–Crippen MR) is 182 cm³/mol. The Morgan fingerprint density at radius 1 is 0.755 bits per heavy atom. The van der Waals surface area contributed by atoms with E-state index < -0.39 is 25.2 Å². The zero-order chi connectivity index (χ0) is 34.9. The van der Waals surface area contributed by atoms with Gasteiger partial charge in [-0.2, -0.15) is 36.5 Å². The van der Waals surface area contributed by atoms with Crippen LogP contribution in [0.15, 0.2) is 55.0 Å². The minimum absolute atomic E-state index is 0.156. The maximum absolute atomic E-state index is 12.5. The van der Waals surface area contributed by atoms with Gasteiger partial charge < -0.3 is 15.6 Å². The number of fused-ring (bicyclic) bond motifs is 2. The van der Waals surface area contributed by atoms with Gasteiger partial charge in [-0.3, -0.25) is 0 Å². The fourth-order valence-corrected chi connectivity index (χ4v) is 5.70. The fourth-order valence-electron chi connectivity index (χ4n) is 4.85. The Labute approximate surface area is 297 Å². The van der Waals surface area contributed by atoms with Crippen LogP contribution in [0.2, 0.25) is 10.3 Å². The first-order valence-corrected chi connectivity index (χ1v) is 16.6.